The summed E-state index contributed by atoms with van der Waals surface area (Å²) in [6.45, 7) is -0.307. The van der Waals surface area contributed by atoms with Crippen molar-refractivity contribution in [2.75, 3.05) is 11.9 Å². The molecule has 0 aliphatic carbocycles. The fourth-order valence-corrected chi connectivity index (χ4v) is 4.56. The maximum Gasteiger partial charge on any atom is 0.294 e. The van der Waals surface area contributed by atoms with E-state index in [2.05, 4.69) is 21.2 Å². The van der Waals surface area contributed by atoms with E-state index in [1.807, 2.05) is 0 Å². The standard InChI is InChI=1S/C25H17BrClN3O6S/c26-19-10-7-17(12-20(19)27)28-23(31)13-29-24(32)22(37-25(29)33)11-16-3-1-2-4-21(16)36-14-15-5-8-18(9-6-15)30(34)35/h1-12H,13-14H2,(H,28,31)/b22-11-. The summed E-state index contributed by atoms with van der Waals surface area (Å²) in [4.78, 5) is 49.2. The van der Waals surface area contributed by atoms with Crippen LogP contribution in [0.5, 0.6) is 5.75 Å². The number of hydrogen-bond donors (Lipinski definition) is 1. The second kappa shape index (κ2) is 11.6. The van der Waals surface area contributed by atoms with Crippen LogP contribution in [0.25, 0.3) is 6.08 Å². The molecule has 0 saturated carbocycles. The Labute approximate surface area is 228 Å². The number of para-hydroxylation sites is 1. The van der Waals surface area contributed by atoms with Gasteiger partial charge in [0.25, 0.3) is 16.8 Å². The number of nitrogens with one attached hydrogen (secondary N) is 1. The van der Waals surface area contributed by atoms with Gasteiger partial charge < -0.3 is 10.1 Å². The summed E-state index contributed by atoms with van der Waals surface area (Å²) in [6, 6.07) is 17.8. The van der Waals surface area contributed by atoms with E-state index in [1.165, 1.54) is 18.2 Å². The van der Waals surface area contributed by atoms with Gasteiger partial charge >= 0.3 is 0 Å². The van der Waals surface area contributed by atoms with Crippen molar-refractivity contribution in [2.45, 2.75) is 6.61 Å². The minimum absolute atomic E-state index is 0.0193. The predicted octanol–water partition coefficient (Wildman–Crippen LogP) is 6.26. The number of benzene rings is 3. The Hall–Kier alpha value is -3.67. The van der Waals surface area contributed by atoms with Gasteiger partial charge in [-0.05, 0) is 75.7 Å². The lowest BCUT2D eigenvalue weighted by atomic mass is 10.1. The molecule has 1 N–H and O–H groups in total. The van der Waals surface area contributed by atoms with Crippen LogP contribution in [0.4, 0.5) is 16.2 Å². The second-order valence-electron chi connectivity index (χ2n) is 7.69. The number of halogens is 2. The first-order valence-corrected chi connectivity index (χ1v) is 12.7. The lowest BCUT2D eigenvalue weighted by Crippen LogP contribution is -2.36. The van der Waals surface area contributed by atoms with Crippen molar-refractivity contribution in [3.8, 4) is 5.75 Å². The molecular formula is C25H17BrClN3O6S. The number of carbonyl (C=O) groups is 3. The maximum atomic E-state index is 12.9. The van der Waals surface area contributed by atoms with Crippen LogP contribution in [0.3, 0.4) is 0 Å². The van der Waals surface area contributed by atoms with Gasteiger partial charge in [-0.1, -0.05) is 29.8 Å². The summed E-state index contributed by atoms with van der Waals surface area (Å²) in [5.74, 6) is -0.685. The van der Waals surface area contributed by atoms with Crippen LogP contribution in [-0.4, -0.2) is 33.4 Å². The number of ether oxygens (including phenoxy) is 1. The van der Waals surface area contributed by atoms with E-state index in [-0.39, 0.29) is 17.2 Å². The minimum Gasteiger partial charge on any atom is -0.488 e. The Balaban J connectivity index is 1.43. The van der Waals surface area contributed by atoms with Gasteiger partial charge in [0.1, 0.15) is 18.9 Å². The highest BCUT2D eigenvalue weighted by atomic mass is 79.9. The molecule has 12 heteroatoms. The third kappa shape index (κ3) is 6.56. The molecule has 188 valence electrons. The molecule has 3 amide bonds. The van der Waals surface area contributed by atoms with E-state index in [0.29, 0.717) is 26.5 Å². The number of thioether (sulfide) groups is 1. The first-order valence-electron chi connectivity index (χ1n) is 10.7. The lowest BCUT2D eigenvalue weighted by molar-refractivity contribution is -0.384. The summed E-state index contributed by atoms with van der Waals surface area (Å²) in [5, 5.41) is 13.3. The topological polar surface area (TPSA) is 119 Å². The van der Waals surface area contributed by atoms with Crippen LogP contribution < -0.4 is 10.1 Å². The molecule has 0 bridgehead atoms. The lowest BCUT2D eigenvalue weighted by Gasteiger charge is -2.13. The molecule has 1 aliphatic heterocycles. The van der Waals surface area contributed by atoms with Gasteiger partial charge in [-0.15, -0.1) is 0 Å². The van der Waals surface area contributed by atoms with Crippen molar-refractivity contribution in [1.29, 1.82) is 0 Å². The molecule has 1 aliphatic rings. The van der Waals surface area contributed by atoms with Crippen LogP contribution in [0.1, 0.15) is 11.1 Å². The summed E-state index contributed by atoms with van der Waals surface area (Å²) in [5.41, 5.74) is 1.69. The zero-order valence-corrected chi connectivity index (χ0v) is 22.0. The van der Waals surface area contributed by atoms with Gasteiger partial charge in [0, 0.05) is 27.9 Å². The highest BCUT2D eigenvalue weighted by Crippen LogP contribution is 2.34. The average Bonchev–Trinajstić information content (AvgIpc) is 3.13. The number of imide groups is 1. The van der Waals surface area contributed by atoms with Crippen molar-refractivity contribution in [3.63, 3.8) is 0 Å². The average molecular weight is 603 g/mol. The zero-order valence-electron chi connectivity index (χ0n) is 18.9. The maximum absolute atomic E-state index is 12.9. The number of non-ortho nitro benzene ring substituents is 1. The van der Waals surface area contributed by atoms with Crippen molar-refractivity contribution < 1.29 is 24.0 Å². The van der Waals surface area contributed by atoms with E-state index in [1.54, 1.807) is 54.6 Å². The van der Waals surface area contributed by atoms with Gasteiger partial charge in [-0.3, -0.25) is 29.4 Å². The number of hydrogen-bond acceptors (Lipinski definition) is 7. The molecule has 0 atom stereocenters. The van der Waals surface area contributed by atoms with Crippen molar-refractivity contribution in [3.05, 3.63) is 102 Å². The van der Waals surface area contributed by atoms with Crippen LogP contribution >= 0.6 is 39.3 Å². The molecule has 3 aromatic carbocycles. The van der Waals surface area contributed by atoms with Crippen LogP contribution in [0.2, 0.25) is 5.02 Å². The largest absolute Gasteiger partial charge is 0.488 e. The smallest absolute Gasteiger partial charge is 0.294 e. The Bertz CT molecular complexity index is 1430. The quantitative estimate of drug-likeness (QED) is 0.183. The third-order valence-electron chi connectivity index (χ3n) is 5.13. The molecule has 4 rings (SSSR count). The van der Waals surface area contributed by atoms with E-state index in [0.717, 1.165) is 22.2 Å². The van der Waals surface area contributed by atoms with Gasteiger partial charge in [0.15, 0.2) is 0 Å². The van der Waals surface area contributed by atoms with Gasteiger partial charge in [0.2, 0.25) is 5.91 Å². The molecule has 1 saturated heterocycles. The highest BCUT2D eigenvalue weighted by molar-refractivity contribution is 9.10. The van der Waals surface area contributed by atoms with E-state index < -0.39 is 28.5 Å². The molecule has 3 aromatic rings. The Kier molecular flexibility index (Phi) is 8.27. The molecule has 0 radical (unpaired) electrons. The number of nitro benzene ring substituents is 1. The molecule has 1 heterocycles. The SMILES string of the molecule is O=C(CN1C(=O)S/C(=C\c2ccccc2OCc2ccc([N+](=O)[O-])cc2)C1=O)Nc1ccc(Br)c(Cl)c1. The third-order valence-corrected chi connectivity index (χ3v) is 7.27. The summed E-state index contributed by atoms with van der Waals surface area (Å²) >= 11 is 10.0. The highest BCUT2D eigenvalue weighted by Gasteiger charge is 2.36. The molecule has 37 heavy (non-hydrogen) atoms. The molecular weight excluding hydrogens is 586 g/mol. The van der Waals surface area contributed by atoms with Crippen molar-refractivity contribution in [1.82, 2.24) is 4.90 Å². The fourth-order valence-electron chi connectivity index (χ4n) is 3.30. The molecule has 0 unspecified atom stereocenters. The zero-order chi connectivity index (χ0) is 26.5. The second-order valence-corrected chi connectivity index (χ2v) is 9.95. The molecule has 0 aromatic heterocycles. The number of anilines is 1. The van der Waals surface area contributed by atoms with Crippen LogP contribution in [-0.2, 0) is 16.2 Å². The monoisotopic (exact) mass is 601 g/mol. The predicted molar refractivity (Wildman–Crippen MR) is 144 cm³/mol. The number of carbonyl (C=O) groups excluding carboxylic acids is 3. The summed E-state index contributed by atoms with van der Waals surface area (Å²) in [6.07, 6.45) is 1.53. The Morgan fingerprint density at radius 2 is 1.86 bits per heavy atom. The minimum atomic E-state index is -0.593. The summed E-state index contributed by atoms with van der Waals surface area (Å²) < 4.78 is 6.53. The van der Waals surface area contributed by atoms with E-state index in [9.17, 15) is 24.5 Å². The Morgan fingerprint density at radius 3 is 2.57 bits per heavy atom. The van der Waals surface area contributed by atoms with Crippen molar-refractivity contribution in [2.24, 2.45) is 0 Å². The van der Waals surface area contributed by atoms with Gasteiger partial charge in [-0.25, -0.2) is 0 Å². The molecule has 9 nitrogen and oxygen atoms in total. The Morgan fingerprint density at radius 1 is 1.14 bits per heavy atom. The van der Waals surface area contributed by atoms with Crippen LogP contribution in [0.15, 0.2) is 76.1 Å². The summed E-state index contributed by atoms with van der Waals surface area (Å²) in [7, 11) is 0. The van der Waals surface area contributed by atoms with Gasteiger partial charge in [-0.2, -0.15) is 0 Å². The number of amides is 3. The van der Waals surface area contributed by atoms with E-state index in [4.69, 9.17) is 16.3 Å². The van der Waals surface area contributed by atoms with Crippen LogP contribution in [0, 0.1) is 10.1 Å². The molecule has 0 spiro atoms. The van der Waals surface area contributed by atoms with Crippen molar-refractivity contribution >= 4 is 73.8 Å². The normalized spacial score (nSPS) is 14.2. The first kappa shape index (κ1) is 26.4. The fraction of sp³-hybridized carbons (Fsp3) is 0.0800. The number of rotatable bonds is 8. The van der Waals surface area contributed by atoms with E-state index >= 15 is 0 Å². The first-order chi connectivity index (χ1) is 17.7. The number of nitro groups is 1. The number of nitrogens with zero attached hydrogens (tertiary/aromatic N) is 2. The molecule has 1 fully saturated rings. The van der Waals surface area contributed by atoms with Gasteiger partial charge in [0.05, 0.1) is 14.9 Å².